The number of fused-ring (bicyclic) bond motifs is 1. The molecule has 150 valence electrons. The Morgan fingerprint density at radius 2 is 2.00 bits per heavy atom. The molecule has 3 heterocycles. The van der Waals surface area contributed by atoms with Crippen LogP contribution in [0.2, 0.25) is 0 Å². The molecule has 0 spiro atoms. The molecule has 5 rings (SSSR count). The van der Waals surface area contributed by atoms with Gasteiger partial charge in [-0.2, -0.15) is 4.98 Å². The number of aliphatic imine (C=N–C) groups is 1. The molecule has 1 aromatic carbocycles. The molecule has 0 saturated carbocycles. The zero-order valence-electron chi connectivity index (χ0n) is 16.8. The number of anilines is 1. The first-order valence-electron chi connectivity index (χ1n) is 10.4. The van der Waals surface area contributed by atoms with E-state index in [-0.39, 0.29) is 5.92 Å². The van der Waals surface area contributed by atoms with Gasteiger partial charge in [-0.15, -0.1) is 10.8 Å². The smallest absolute Gasteiger partial charge is 0.246 e. The number of nitrogens with one attached hydrogen (secondary N) is 1. The van der Waals surface area contributed by atoms with Crippen molar-refractivity contribution in [1.82, 2.24) is 19.7 Å². The summed E-state index contributed by atoms with van der Waals surface area (Å²) in [5, 5.41) is 8.11. The van der Waals surface area contributed by atoms with Gasteiger partial charge in [-0.3, -0.25) is 4.99 Å². The largest absolute Gasteiger partial charge is 0.322 e. The molecule has 6 nitrogen and oxygen atoms in total. The molecule has 2 aliphatic heterocycles. The molecule has 0 amide bonds. The first kappa shape index (κ1) is 18.4. The monoisotopic (exact) mass is 396 g/mol. The Morgan fingerprint density at radius 3 is 2.87 bits per heavy atom. The lowest BCUT2D eigenvalue weighted by molar-refractivity contribution is 0.576. The van der Waals surface area contributed by atoms with Crippen molar-refractivity contribution in [1.29, 1.82) is 0 Å². The second-order valence-electron chi connectivity index (χ2n) is 7.54. The summed E-state index contributed by atoms with van der Waals surface area (Å²) in [6.45, 7) is 1.64. The summed E-state index contributed by atoms with van der Waals surface area (Å²) in [6, 6.07) is 10.6. The maximum atomic E-state index is 4.88. The fraction of sp³-hybridized carbons (Fsp3) is 0.250. The second kappa shape index (κ2) is 8.39. The maximum absolute atomic E-state index is 4.88. The minimum atomic E-state index is 0.284. The second-order valence-corrected chi connectivity index (χ2v) is 7.54. The van der Waals surface area contributed by atoms with Gasteiger partial charge >= 0.3 is 0 Å². The van der Waals surface area contributed by atoms with Crippen LogP contribution in [0, 0.1) is 0 Å². The lowest BCUT2D eigenvalue weighted by Crippen LogP contribution is -2.15. The summed E-state index contributed by atoms with van der Waals surface area (Å²) < 4.78 is 2.07. The normalized spacial score (nSPS) is 20.3. The van der Waals surface area contributed by atoms with Gasteiger partial charge in [-0.05, 0) is 36.6 Å². The zero-order chi connectivity index (χ0) is 20.2. The summed E-state index contributed by atoms with van der Waals surface area (Å²) in [5.41, 5.74) is 6.43. The fourth-order valence-corrected chi connectivity index (χ4v) is 3.97. The maximum Gasteiger partial charge on any atom is 0.246 e. The fourth-order valence-electron chi connectivity index (χ4n) is 3.97. The molecule has 0 fully saturated rings. The molecule has 0 bridgehead atoms. The van der Waals surface area contributed by atoms with Crippen molar-refractivity contribution in [3.8, 4) is 0 Å². The minimum Gasteiger partial charge on any atom is -0.322 e. The molecular formula is C24H24N6. The highest BCUT2D eigenvalue weighted by molar-refractivity contribution is 5.63. The molecule has 1 atom stereocenters. The Balaban J connectivity index is 1.39. The van der Waals surface area contributed by atoms with E-state index in [1.165, 1.54) is 12.0 Å². The lowest BCUT2D eigenvalue weighted by atomic mass is 9.94. The average Bonchev–Trinajstić information content (AvgIpc) is 2.94. The Morgan fingerprint density at radius 1 is 1.07 bits per heavy atom. The number of nitrogens with zero attached hydrogens (tertiary/aromatic N) is 5. The van der Waals surface area contributed by atoms with Gasteiger partial charge in [0.05, 0.1) is 18.6 Å². The Kier molecular flexibility index (Phi) is 5.15. The van der Waals surface area contributed by atoms with Crippen LogP contribution in [0.1, 0.15) is 36.6 Å². The van der Waals surface area contributed by atoms with Crippen LogP contribution in [0.15, 0.2) is 89.0 Å². The Hall–Kier alpha value is -3.63. The number of aryl methyl sites for hydroxylation is 1. The van der Waals surface area contributed by atoms with Gasteiger partial charge < -0.3 is 10.2 Å². The van der Waals surface area contributed by atoms with Crippen LogP contribution in [0.5, 0.6) is 0 Å². The van der Waals surface area contributed by atoms with Crippen molar-refractivity contribution in [3.05, 3.63) is 95.4 Å². The highest BCUT2D eigenvalue weighted by atomic mass is 15.4. The third-order valence-electron chi connectivity index (χ3n) is 5.47. The van der Waals surface area contributed by atoms with E-state index in [1.807, 2.05) is 47.8 Å². The number of hydrogen-bond donors (Lipinski definition) is 1. The molecule has 0 radical (unpaired) electrons. The first-order valence-corrected chi connectivity index (χ1v) is 10.4. The highest BCUT2D eigenvalue weighted by Gasteiger charge is 2.24. The standard InChI is InChI=1S/C24H24N6/c1-2-8-19(9-3-1)22-12-4-5-17-30-23(22)27-24(28-30)26-20-10-6-11-21(14-13-20)29-16-7-15-25-18-29/h1-3,7-11,13-14,16,18,22H,4-5,12,15,17H2,(H,26,28). The zero-order valence-corrected chi connectivity index (χ0v) is 16.8. The van der Waals surface area contributed by atoms with Crippen LogP contribution in [0.25, 0.3) is 0 Å². The van der Waals surface area contributed by atoms with E-state index in [2.05, 4.69) is 51.1 Å². The molecule has 0 saturated heterocycles. The van der Waals surface area contributed by atoms with Gasteiger partial charge in [0.2, 0.25) is 5.95 Å². The van der Waals surface area contributed by atoms with Gasteiger partial charge in [0.1, 0.15) is 5.82 Å². The van der Waals surface area contributed by atoms with E-state index in [9.17, 15) is 0 Å². The number of hydrogen-bond acceptors (Lipinski definition) is 5. The molecule has 1 aliphatic carbocycles. The van der Waals surface area contributed by atoms with Crippen LogP contribution in [-0.2, 0) is 6.54 Å². The van der Waals surface area contributed by atoms with Crippen LogP contribution in [0.4, 0.5) is 5.95 Å². The van der Waals surface area contributed by atoms with E-state index in [4.69, 9.17) is 10.1 Å². The number of aromatic nitrogens is 3. The number of rotatable bonds is 4. The van der Waals surface area contributed by atoms with E-state index in [0.29, 0.717) is 5.95 Å². The van der Waals surface area contributed by atoms with E-state index in [0.717, 1.165) is 43.1 Å². The molecule has 6 heteroatoms. The van der Waals surface area contributed by atoms with E-state index in [1.54, 1.807) is 0 Å². The first-order chi connectivity index (χ1) is 14.9. The number of allylic oxidation sites excluding steroid dienone is 4. The summed E-state index contributed by atoms with van der Waals surface area (Å²) in [7, 11) is 0. The van der Waals surface area contributed by atoms with E-state index >= 15 is 0 Å². The van der Waals surface area contributed by atoms with Gasteiger partial charge in [-0.25, -0.2) is 4.68 Å². The molecule has 30 heavy (non-hydrogen) atoms. The summed E-state index contributed by atoms with van der Waals surface area (Å²) >= 11 is 0. The minimum absolute atomic E-state index is 0.284. The Bertz CT molecular complexity index is 1080. The molecule has 3 aliphatic rings. The van der Waals surface area contributed by atoms with Crippen molar-refractivity contribution < 1.29 is 0 Å². The van der Waals surface area contributed by atoms with Gasteiger partial charge in [0.25, 0.3) is 0 Å². The quantitative estimate of drug-likeness (QED) is 0.781. The third kappa shape index (κ3) is 3.91. The molecular weight excluding hydrogens is 372 g/mol. The summed E-state index contributed by atoms with van der Waals surface area (Å²) in [4.78, 5) is 11.1. The van der Waals surface area contributed by atoms with E-state index < -0.39 is 0 Å². The lowest BCUT2D eigenvalue weighted by Gasteiger charge is -2.16. The molecule has 1 N–H and O–H groups in total. The summed E-state index contributed by atoms with van der Waals surface area (Å²) in [6.07, 6.45) is 17.2. The van der Waals surface area contributed by atoms with Crippen molar-refractivity contribution in [2.45, 2.75) is 31.7 Å². The van der Waals surface area contributed by atoms with Gasteiger partial charge in [0, 0.05) is 36.5 Å². The van der Waals surface area contributed by atoms with Crippen LogP contribution < -0.4 is 5.32 Å². The van der Waals surface area contributed by atoms with Crippen LogP contribution >= 0.6 is 0 Å². The SMILES string of the molecule is C1=CC(Nc2nc3n(n2)CCCCC3c2ccccc2)=CC=C(N2C=CCN=C2)C=1. The van der Waals surface area contributed by atoms with Crippen LogP contribution in [0.3, 0.4) is 0 Å². The van der Waals surface area contributed by atoms with Crippen molar-refractivity contribution in [3.63, 3.8) is 0 Å². The predicted molar refractivity (Wildman–Crippen MR) is 119 cm³/mol. The average molecular weight is 396 g/mol. The topological polar surface area (TPSA) is 58.3 Å². The Labute approximate surface area is 176 Å². The molecule has 1 aromatic heterocycles. The third-order valence-corrected chi connectivity index (χ3v) is 5.47. The number of benzene rings is 1. The van der Waals surface area contributed by atoms with Gasteiger partial charge in [-0.1, -0.05) is 36.8 Å². The summed E-state index contributed by atoms with van der Waals surface area (Å²) in [5.74, 6) is 1.96. The highest BCUT2D eigenvalue weighted by Crippen LogP contribution is 2.32. The van der Waals surface area contributed by atoms with Crippen molar-refractivity contribution >= 4 is 12.3 Å². The molecule has 1 unspecified atom stereocenters. The van der Waals surface area contributed by atoms with Crippen molar-refractivity contribution in [2.24, 2.45) is 4.99 Å². The molecule has 2 aromatic rings. The van der Waals surface area contributed by atoms with Crippen LogP contribution in [-0.4, -0.2) is 32.5 Å². The predicted octanol–water partition coefficient (Wildman–Crippen LogP) is 4.36. The van der Waals surface area contributed by atoms with Gasteiger partial charge in [0.15, 0.2) is 0 Å². The van der Waals surface area contributed by atoms with Crippen molar-refractivity contribution in [2.75, 3.05) is 11.9 Å².